The minimum Gasteiger partial charge on any atom is -0.492 e. The van der Waals surface area contributed by atoms with E-state index < -0.39 is 5.82 Å². The van der Waals surface area contributed by atoms with Gasteiger partial charge in [0.15, 0.2) is 0 Å². The van der Waals surface area contributed by atoms with Crippen LogP contribution in [0.2, 0.25) is 5.02 Å². The molecule has 0 bridgehead atoms. The molecule has 27 heavy (non-hydrogen) atoms. The zero-order valence-corrected chi connectivity index (χ0v) is 15.3. The highest BCUT2D eigenvalue weighted by Gasteiger charge is 2.11. The third-order valence-electron chi connectivity index (χ3n) is 3.65. The van der Waals surface area contributed by atoms with Crippen molar-refractivity contribution in [2.24, 2.45) is 0 Å². The van der Waals surface area contributed by atoms with E-state index in [4.69, 9.17) is 16.3 Å². The van der Waals surface area contributed by atoms with Gasteiger partial charge < -0.3 is 15.4 Å². The number of aromatic nitrogens is 1. The van der Waals surface area contributed by atoms with Crippen LogP contribution >= 0.6 is 11.6 Å². The molecule has 138 valence electrons. The van der Waals surface area contributed by atoms with Gasteiger partial charge in [0.25, 0.3) is 5.91 Å². The molecule has 0 aliphatic carbocycles. The van der Waals surface area contributed by atoms with E-state index in [1.54, 1.807) is 24.3 Å². The molecule has 1 aromatic heterocycles. The van der Waals surface area contributed by atoms with Crippen LogP contribution in [0.15, 0.2) is 60.8 Å². The van der Waals surface area contributed by atoms with E-state index in [0.717, 1.165) is 0 Å². The number of benzene rings is 2. The van der Waals surface area contributed by atoms with Gasteiger partial charge in [0.2, 0.25) is 0 Å². The number of carbonyl (C=O) groups excluding carboxylic acids is 1. The Kier molecular flexibility index (Phi) is 5.88. The lowest BCUT2D eigenvalue weighted by Gasteiger charge is -2.12. The summed E-state index contributed by atoms with van der Waals surface area (Å²) in [7, 11) is 0. The van der Waals surface area contributed by atoms with Crippen molar-refractivity contribution in [3.63, 3.8) is 0 Å². The molecule has 5 nitrogen and oxygen atoms in total. The van der Waals surface area contributed by atoms with Crippen molar-refractivity contribution in [1.29, 1.82) is 0 Å². The Bertz CT molecular complexity index is 965. The molecule has 0 atom stereocenters. The summed E-state index contributed by atoms with van der Waals surface area (Å²) in [6.07, 6.45) is 1.51. The monoisotopic (exact) mass is 385 g/mol. The number of halogens is 2. The van der Waals surface area contributed by atoms with Crippen molar-refractivity contribution in [2.75, 3.05) is 17.2 Å². The standard InChI is InChI=1S/C20H17ClFN3O2/c1-2-27-18-6-4-3-5-17(18)25-20(26)13-9-10-23-19(11-13)24-14-7-8-16(22)15(21)12-14/h3-12H,2H2,1H3,(H,23,24)(H,25,26). The largest absolute Gasteiger partial charge is 0.492 e. The van der Waals surface area contributed by atoms with Crippen molar-refractivity contribution in [3.05, 3.63) is 77.2 Å². The van der Waals surface area contributed by atoms with Crippen LogP contribution in [0, 0.1) is 5.82 Å². The number of nitrogens with zero attached hydrogens (tertiary/aromatic N) is 1. The Labute approximate surface area is 161 Å². The zero-order valence-electron chi connectivity index (χ0n) is 14.5. The minimum absolute atomic E-state index is 0.00132. The fourth-order valence-electron chi connectivity index (χ4n) is 2.41. The second-order valence-electron chi connectivity index (χ2n) is 5.57. The highest BCUT2D eigenvalue weighted by Crippen LogP contribution is 2.25. The smallest absolute Gasteiger partial charge is 0.255 e. The molecule has 2 aromatic carbocycles. The maximum absolute atomic E-state index is 13.3. The maximum atomic E-state index is 13.3. The van der Waals surface area contributed by atoms with Gasteiger partial charge in [-0.05, 0) is 49.4 Å². The molecular weight excluding hydrogens is 369 g/mol. The lowest BCUT2D eigenvalue weighted by atomic mass is 10.2. The van der Waals surface area contributed by atoms with E-state index in [-0.39, 0.29) is 10.9 Å². The van der Waals surface area contributed by atoms with Gasteiger partial charge in [-0.15, -0.1) is 0 Å². The summed E-state index contributed by atoms with van der Waals surface area (Å²) in [5.74, 6) is 0.228. The fourth-order valence-corrected chi connectivity index (χ4v) is 2.59. The molecule has 1 amide bonds. The summed E-state index contributed by atoms with van der Waals surface area (Å²) in [6, 6.07) is 14.6. The molecule has 2 N–H and O–H groups in total. The predicted octanol–water partition coefficient (Wildman–Crippen LogP) is 5.27. The van der Waals surface area contributed by atoms with Crippen LogP contribution in [0.3, 0.4) is 0 Å². The second-order valence-corrected chi connectivity index (χ2v) is 5.97. The van der Waals surface area contributed by atoms with Gasteiger partial charge in [-0.1, -0.05) is 23.7 Å². The number of hydrogen-bond acceptors (Lipinski definition) is 4. The van der Waals surface area contributed by atoms with Crippen molar-refractivity contribution in [1.82, 2.24) is 4.98 Å². The number of amides is 1. The summed E-state index contributed by atoms with van der Waals surface area (Å²) in [5.41, 5.74) is 1.56. The van der Waals surface area contributed by atoms with E-state index in [9.17, 15) is 9.18 Å². The Morgan fingerprint density at radius 1 is 1.19 bits per heavy atom. The fraction of sp³-hybridized carbons (Fsp3) is 0.100. The number of hydrogen-bond donors (Lipinski definition) is 2. The zero-order chi connectivity index (χ0) is 19.2. The normalized spacial score (nSPS) is 10.3. The van der Waals surface area contributed by atoms with Crippen LogP contribution in [-0.4, -0.2) is 17.5 Å². The third-order valence-corrected chi connectivity index (χ3v) is 3.94. The first kappa shape index (κ1) is 18.7. The van der Waals surface area contributed by atoms with E-state index in [1.807, 2.05) is 19.1 Å². The van der Waals surface area contributed by atoms with Crippen molar-refractivity contribution < 1.29 is 13.9 Å². The molecule has 0 fully saturated rings. The first-order chi connectivity index (χ1) is 13.1. The van der Waals surface area contributed by atoms with Gasteiger partial charge in [0.05, 0.1) is 17.3 Å². The molecule has 1 heterocycles. The Morgan fingerprint density at radius 2 is 2.00 bits per heavy atom. The molecular formula is C20H17ClFN3O2. The van der Waals surface area contributed by atoms with Gasteiger partial charge in [0, 0.05) is 17.4 Å². The highest BCUT2D eigenvalue weighted by molar-refractivity contribution is 6.31. The SMILES string of the molecule is CCOc1ccccc1NC(=O)c1ccnc(Nc2ccc(F)c(Cl)c2)c1. The van der Waals surface area contributed by atoms with E-state index in [1.165, 1.54) is 24.4 Å². The summed E-state index contributed by atoms with van der Waals surface area (Å²) < 4.78 is 18.8. The van der Waals surface area contributed by atoms with Gasteiger partial charge in [-0.2, -0.15) is 0 Å². The van der Waals surface area contributed by atoms with Crippen LogP contribution in [0.25, 0.3) is 0 Å². The van der Waals surface area contributed by atoms with Crippen molar-refractivity contribution >= 4 is 34.7 Å². The number of rotatable bonds is 6. The molecule has 0 radical (unpaired) electrons. The molecule has 7 heteroatoms. The highest BCUT2D eigenvalue weighted by atomic mass is 35.5. The van der Waals surface area contributed by atoms with E-state index in [0.29, 0.717) is 35.1 Å². The Balaban J connectivity index is 1.76. The molecule has 0 spiro atoms. The first-order valence-corrected chi connectivity index (χ1v) is 8.66. The summed E-state index contributed by atoms with van der Waals surface area (Å²) in [6.45, 7) is 2.37. The molecule has 3 rings (SSSR count). The van der Waals surface area contributed by atoms with Gasteiger partial charge in [-0.3, -0.25) is 4.79 Å². The van der Waals surface area contributed by atoms with Crippen molar-refractivity contribution in [2.45, 2.75) is 6.92 Å². The van der Waals surface area contributed by atoms with Crippen LogP contribution in [0.4, 0.5) is 21.6 Å². The van der Waals surface area contributed by atoms with Crippen LogP contribution in [-0.2, 0) is 0 Å². The van der Waals surface area contributed by atoms with Crippen LogP contribution < -0.4 is 15.4 Å². The van der Waals surface area contributed by atoms with Gasteiger partial charge >= 0.3 is 0 Å². The van der Waals surface area contributed by atoms with Crippen LogP contribution in [0.5, 0.6) is 5.75 Å². The summed E-state index contributed by atoms with van der Waals surface area (Å²) >= 11 is 5.78. The van der Waals surface area contributed by atoms with E-state index in [2.05, 4.69) is 15.6 Å². The summed E-state index contributed by atoms with van der Waals surface area (Å²) in [4.78, 5) is 16.8. The predicted molar refractivity (Wildman–Crippen MR) is 104 cm³/mol. The molecule has 0 saturated carbocycles. The molecule has 0 unspecified atom stereocenters. The number of ether oxygens (including phenoxy) is 1. The lowest BCUT2D eigenvalue weighted by Crippen LogP contribution is -2.13. The Hall–Kier alpha value is -3.12. The average Bonchev–Trinajstić information content (AvgIpc) is 2.67. The number of carbonyl (C=O) groups is 1. The number of pyridine rings is 1. The molecule has 3 aromatic rings. The molecule has 0 aliphatic heterocycles. The quantitative estimate of drug-likeness (QED) is 0.606. The topological polar surface area (TPSA) is 63.2 Å². The maximum Gasteiger partial charge on any atom is 0.255 e. The first-order valence-electron chi connectivity index (χ1n) is 8.28. The number of nitrogens with one attached hydrogen (secondary N) is 2. The van der Waals surface area contributed by atoms with Crippen LogP contribution in [0.1, 0.15) is 17.3 Å². The Morgan fingerprint density at radius 3 is 2.78 bits per heavy atom. The number of anilines is 3. The summed E-state index contributed by atoms with van der Waals surface area (Å²) in [5, 5.41) is 5.83. The van der Waals surface area contributed by atoms with E-state index >= 15 is 0 Å². The number of para-hydroxylation sites is 2. The van der Waals surface area contributed by atoms with Gasteiger partial charge in [-0.25, -0.2) is 9.37 Å². The minimum atomic E-state index is -0.503. The second kappa shape index (κ2) is 8.51. The molecule has 0 aliphatic rings. The third kappa shape index (κ3) is 4.74. The molecule has 0 saturated heterocycles. The lowest BCUT2D eigenvalue weighted by molar-refractivity contribution is 0.102. The average molecular weight is 386 g/mol. The van der Waals surface area contributed by atoms with Gasteiger partial charge in [0.1, 0.15) is 17.4 Å². The van der Waals surface area contributed by atoms with Crippen molar-refractivity contribution in [3.8, 4) is 5.75 Å².